The van der Waals surface area contributed by atoms with Gasteiger partial charge in [0.15, 0.2) is 0 Å². The molecule has 3 rings (SSSR count). The molecule has 1 saturated carbocycles. The molecule has 0 amide bonds. The number of piperazine rings is 1. The number of halogens is 2. The van der Waals surface area contributed by atoms with Crippen molar-refractivity contribution in [1.29, 1.82) is 0 Å². The van der Waals surface area contributed by atoms with E-state index in [0.29, 0.717) is 0 Å². The summed E-state index contributed by atoms with van der Waals surface area (Å²) in [6.45, 7) is 5.18. The highest BCUT2D eigenvalue weighted by Crippen LogP contribution is 2.47. The maximum atomic E-state index is 3.48. The lowest BCUT2D eigenvalue weighted by atomic mass is 10.0. The van der Waals surface area contributed by atoms with Crippen molar-refractivity contribution in [2.24, 2.45) is 11.8 Å². The van der Waals surface area contributed by atoms with Crippen LogP contribution in [0, 0.1) is 11.8 Å². The van der Waals surface area contributed by atoms with E-state index >= 15 is 0 Å². The maximum Gasteiger partial charge on any atom is 0.0224 e. The SMILES string of the molecule is C1CN2CC3CC3CC2CN1.Cl.Cl. The molecule has 0 aromatic carbocycles. The summed E-state index contributed by atoms with van der Waals surface area (Å²) in [5, 5.41) is 3.48. The van der Waals surface area contributed by atoms with E-state index < -0.39 is 0 Å². The zero-order valence-corrected chi connectivity index (χ0v) is 9.37. The molecule has 13 heavy (non-hydrogen) atoms. The van der Waals surface area contributed by atoms with Crippen LogP contribution in [0.25, 0.3) is 0 Å². The van der Waals surface area contributed by atoms with Crippen LogP contribution in [-0.4, -0.2) is 37.1 Å². The molecule has 2 heterocycles. The fraction of sp³-hybridized carbons (Fsp3) is 1.00. The summed E-state index contributed by atoms with van der Waals surface area (Å²) in [5.74, 6) is 2.22. The summed E-state index contributed by atoms with van der Waals surface area (Å²) in [6.07, 6.45) is 3.02. The van der Waals surface area contributed by atoms with Gasteiger partial charge in [-0.2, -0.15) is 0 Å². The van der Waals surface area contributed by atoms with Gasteiger partial charge in [-0.05, 0) is 24.7 Å². The van der Waals surface area contributed by atoms with E-state index in [4.69, 9.17) is 0 Å². The topological polar surface area (TPSA) is 15.3 Å². The minimum atomic E-state index is 0. The largest absolute Gasteiger partial charge is 0.314 e. The second-order valence-electron chi connectivity index (χ2n) is 4.34. The van der Waals surface area contributed by atoms with Gasteiger partial charge in [-0.15, -0.1) is 24.8 Å². The lowest BCUT2D eigenvalue weighted by Gasteiger charge is -2.39. The van der Waals surface area contributed by atoms with Gasteiger partial charge in [-0.3, -0.25) is 4.90 Å². The van der Waals surface area contributed by atoms with Crippen molar-refractivity contribution in [3.8, 4) is 0 Å². The molecule has 3 fully saturated rings. The first-order valence-electron chi connectivity index (χ1n) is 4.88. The first kappa shape index (κ1) is 11.6. The summed E-state index contributed by atoms with van der Waals surface area (Å²) >= 11 is 0. The van der Waals surface area contributed by atoms with Gasteiger partial charge in [0.2, 0.25) is 0 Å². The number of fused-ring (bicyclic) bond motifs is 2. The molecule has 3 unspecified atom stereocenters. The van der Waals surface area contributed by atoms with Crippen LogP contribution in [0.2, 0.25) is 0 Å². The van der Waals surface area contributed by atoms with Gasteiger partial charge in [-0.1, -0.05) is 0 Å². The summed E-state index contributed by atoms with van der Waals surface area (Å²) in [7, 11) is 0. The molecule has 0 spiro atoms. The van der Waals surface area contributed by atoms with E-state index in [1.165, 1.54) is 39.0 Å². The Labute approximate surface area is 92.3 Å². The number of hydrogen-bond donors (Lipinski definition) is 1. The number of rotatable bonds is 0. The van der Waals surface area contributed by atoms with Crippen molar-refractivity contribution in [1.82, 2.24) is 10.2 Å². The minimum Gasteiger partial charge on any atom is -0.314 e. The molecule has 2 saturated heterocycles. The first-order valence-corrected chi connectivity index (χ1v) is 4.88. The van der Waals surface area contributed by atoms with Crippen LogP contribution >= 0.6 is 24.8 Å². The lowest BCUT2D eigenvalue weighted by Crippen LogP contribution is -2.53. The maximum absolute atomic E-state index is 3.48. The Kier molecular flexibility index (Phi) is 3.87. The zero-order valence-electron chi connectivity index (χ0n) is 7.74. The van der Waals surface area contributed by atoms with Crippen molar-refractivity contribution in [2.75, 3.05) is 26.2 Å². The Hall–Kier alpha value is 0.500. The van der Waals surface area contributed by atoms with Crippen molar-refractivity contribution >= 4 is 24.8 Å². The van der Waals surface area contributed by atoms with Crippen molar-refractivity contribution in [3.05, 3.63) is 0 Å². The highest BCUT2D eigenvalue weighted by atomic mass is 35.5. The fourth-order valence-electron chi connectivity index (χ4n) is 2.75. The predicted molar refractivity (Wildman–Crippen MR) is 58.9 cm³/mol. The Morgan fingerprint density at radius 1 is 1.08 bits per heavy atom. The molecule has 0 radical (unpaired) electrons. The van der Waals surface area contributed by atoms with Gasteiger partial charge in [0.25, 0.3) is 0 Å². The molecule has 3 aliphatic rings. The van der Waals surface area contributed by atoms with Crippen LogP contribution in [0.4, 0.5) is 0 Å². The normalized spacial score (nSPS) is 42.0. The third-order valence-corrected chi connectivity index (χ3v) is 3.59. The van der Waals surface area contributed by atoms with Gasteiger partial charge in [0, 0.05) is 32.2 Å². The quantitative estimate of drug-likeness (QED) is 0.665. The summed E-state index contributed by atoms with van der Waals surface area (Å²) in [5.41, 5.74) is 0. The van der Waals surface area contributed by atoms with Crippen LogP contribution < -0.4 is 5.32 Å². The smallest absolute Gasteiger partial charge is 0.0224 e. The molecule has 78 valence electrons. The third-order valence-electron chi connectivity index (χ3n) is 3.59. The molecule has 0 bridgehead atoms. The monoisotopic (exact) mass is 224 g/mol. The average Bonchev–Trinajstić information content (AvgIpc) is 2.77. The zero-order chi connectivity index (χ0) is 7.26. The van der Waals surface area contributed by atoms with Gasteiger partial charge in [0.05, 0.1) is 0 Å². The first-order chi connectivity index (χ1) is 5.43. The van der Waals surface area contributed by atoms with Crippen LogP contribution in [0.1, 0.15) is 12.8 Å². The molecule has 1 aliphatic carbocycles. The minimum absolute atomic E-state index is 0. The van der Waals surface area contributed by atoms with Crippen LogP contribution in [0.5, 0.6) is 0 Å². The summed E-state index contributed by atoms with van der Waals surface area (Å²) in [4.78, 5) is 2.70. The van der Waals surface area contributed by atoms with Crippen LogP contribution in [-0.2, 0) is 0 Å². The molecule has 1 N–H and O–H groups in total. The molecular formula is C9H18Cl2N2. The van der Waals surface area contributed by atoms with E-state index in [9.17, 15) is 0 Å². The number of piperidine rings is 1. The van der Waals surface area contributed by atoms with Gasteiger partial charge < -0.3 is 5.32 Å². The van der Waals surface area contributed by atoms with E-state index in [-0.39, 0.29) is 24.8 Å². The van der Waals surface area contributed by atoms with E-state index in [1.54, 1.807) is 0 Å². The van der Waals surface area contributed by atoms with Crippen LogP contribution in [0.3, 0.4) is 0 Å². The fourth-order valence-corrected chi connectivity index (χ4v) is 2.75. The molecule has 4 heteroatoms. The van der Waals surface area contributed by atoms with Gasteiger partial charge in [-0.25, -0.2) is 0 Å². The molecule has 0 aromatic heterocycles. The Morgan fingerprint density at radius 3 is 2.77 bits per heavy atom. The third kappa shape index (κ3) is 2.12. The van der Waals surface area contributed by atoms with Crippen LogP contribution in [0.15, 0.2) is 0 Å². The van der Waals surface area contributed by atoms with E-state index in [2.05, 4.69) is 10.2 Å². The summed E-state index contributed by atoms with van der Waals surface area (Å²) in [6, 6.07) is 0.896. The van der Waals surface area contributed by atoms with Crippen molar-refractivity contribution < 1.29 is 0 Å². The number of nitrogens with one attached hydrogen (secondary N) is 1. The number of nitrogens with zero attached hydrogens (tertiary/aromatic N) is 1. The predicted octanol–water partition coefficient (Wildman–Crippen LogP) is 1.14. The Balaban J connectivity index is 0.000000422. The summed E-state index contributed by atoms with van der Waals surface area (Å²) < 4.78 is 0. The highest BCUT2D eigenvalue weighted by Gasteiger charge is 2.45. The van der Waals surface area contributed by atoms with Crippen molar-refractivity contribution in [2.45, 2.75) is 18.9 Å². The second kappa shape index (κ2) is 4.35. The molecule has 2 aliphatic heterocycles. The molecule has 2 nitrogen and oxygen atoms in total. The van der Waals surface area contributed by atoms with E-state index in [1.807, 2.05) is 0 Å². The average molecular weight is 225 g/mol. The second-order valence-corrected chi connectivity index (χ2v) is 4.34. The molecule has 0 aromatic rings. The number of hydrogen-bond acceptors (Lipinski definition) is 2. The Bertz CT molecular complexity index is 159. The standard InChI is InChI=1S/C9H16N2.2ClH/c1-2-11-6-8-3-7(8)4-9(11)5-10-1;;/h7-10H,1-6H2;2*1H. The highest BCUT2D eigenvalue weighted by molar-refractivity contribution is 5.85. The van der Waals surface area contributed by atoms with Gasteiger partial charge in [0.1, 0.15) is 0 Å². The van der Waals surface area contributed by atoms with E-state index in [0.717, 1.165) is 17.9 Å². The Morgan fingerprint density at radius 2 is 1.92 bits per heavy atom. The lowest BCUT2D eigenvalue weighted by molar-refractivity contribution is 0.114. The molecule has 3 atom stereocenters. The molecular weight excluding hydrogens is 207 g/mol. The van der Waals surface area contributed by atoms with Crippen molar-refractivity contribution in [3.63, 3.8) is 0 Å². The van der Waals surface area contributed by atoms with Gasteiger partial charge >= 0.3 is 0 Å².